The van der Waals surface area contributed by atoms with E-state index < -0.39 is 0 Å². The Morgan fingerprint density at radius 3 is 2.91 bits per heavy atom. The zero-order chi connectivity index (χ0) is 15.7. The molecule has 0 radical (unpaired) electrons. The molecular weight excluding hydrogens is 288 g/mol. The first-order chi connectivity index (χ1) is 10.6. The van der Waals surface area contributed by atoms with E-state index in [0.29, 0.717) is 11.8 Å². The molecule has 0 N–H and O–H groups in total. The minimum atomic E-state index is 0.659. The van der Waals surface area contributed by atoms with Crippen LogP contribution in [0.4, 0.5) is 0 Å². The summed E-state index contributed by atoms with van der Waals surface area (Å²) in [5, 5.41) is 1.37. The highest BCUT2D eigenvalue weighted by Crippen LogP contribution is 2.38. The summed E-state index contributed by atoms with van der Waals surface area (Å²) in [5.74, 6) is 2.13. The van der Waals surface area contributed by atoms with E-state index in [1.807, 2.05) is 11.3 Å². The predicted molar refractivity (Wildman–Crippen MR) is 96.8 cm³/mol. The number of thiazole rings is 1. The Hall–Kier alpha value is -0.930. The van der Waals surface area contributed by atoms with Crippen molar-refractivity contribution in [2.24, 2.45) is 11.8 Å². The molecule has 1 saturated heterocycles. The molecule has 2 atom stereocenters. The summed E-state index contributed by atoms with van der Waals surface area (Å²) in [4.78, 5) is 7.45. The van der Waals surface area contributed by atoms with E-state index in [-0.39, 0.29) is 0 Å². The summed E-state index contributed by atoms with van der Waals surface area (Å²) in [5.41, 5.74) is 2.65. The summed E-state index contributed by atoms with van der Waals surface area (Å²) in [6, 6.07) is 6.85. The van der Waals surface area contributed by atoms with Crippen LogP contribution in [-0.4, -0.2) is 30.0 Å². The maximum Gasteiger partial charge on any atom is 0.0973 e. The third-order valence-electron chi connectivity index (χ3n) is 4.89. The van der Waals surface area contributed by atoms with Crippen molar-refractivity contribution in [3.8, 4) is 0 Å². The van der Waals surface area contributed by atoms with Gasteiger partial charge in [-0.2, -0.15) is 0 Å². The van der Waals surface area contributed by atoms with Gasteiger partial charge < -0.3 is 4.90 Å². The summed E-state index contributed by atoms with van der Waals surface area (Å²) in [6.07, 6.45) is 3.67. The van der Waals surface area contributed by atoms with Crippen molar-refractivity contribution < 1.29 is 0 Å². The Balaban J connectivity index is 1.87. The third kappa shape index (κ3) is 3.36. The molecule has 0 spiro atoms. The molecule has 120 valence electrons. The molecule has 1 fully saturated rings. The van der Waals surface area contributed by atoms with Crippen molar-refractivity contribution in [1.29, 1.82) is 0 Å². The normalized spacial score (nSPS) is 23.5. The molecule has 1 aliphatic heterocycles. The molecule has 0 bridgehead atoms. The first-order valence-electron chi connectivity index (χ1n) is 8.64. The monoisotopic (exact) mass is 316 g/mol. The number of nitrogens with zero attached hydrogens (tertiary/aromatic N) is 2. The zero-order valence-corrected chi connectivity index (χ0v) is 15.1. The van der Waals surface area contributed by atoms with E-state index in [1.165, 1.54) is 46.7 Å². The van der Waals surface area contributed by atoms with Crippen molar-refractivity contribution in [1.82, 2.24) is 9.88 Å². The van der Waals surface area contributed by atoms with Gasteiger partial charge in [0.15, 0.2) is 0 Å². The maximum atomic E-state index is 4.98. The van der Waals surface area contributed by atoms with Gasteiger partial charge in [-0.15, -0.1) is 11.3 Å². The summed E-state index contributed by atoms with van der Waals surface area (Å²) in [6.45, 7) is 9.32. The van der Waals surface area contributed by atoms with Crippen LogP contribution < -0.4 is 0 Å². The van der Waals surface area contributed by atoms with Gasteiger partial charge in [-0.1, -0.05) is 33.3 Å². The fraction of sp³-hybridized carbons (Fsp3) is 0.632. The molecule has 0 saturated carbocycles. The molecule has 1 aliphatic rings. The van der Waals surface area contributed by atoms with Gasteiger partial charge in [0, 0.05) is 12.5 Å². The van der Waals surface area contributed by atoms with Gasteiger partial charge in [-0.25, -0.2) is 4.98 Å². The first-order valence-corrected chi connectivity index (χ1v) is 9.46. The first kappa shape index (κ1) is 15.9. The highest BCUT2D eigenvalue weighted by molar-refractivity contribution is 7.18. The van der Waals surface area contributed by atoms with Crippen molar-refractivity contribution in [2.45, 2.75) is 46.0 Å². The fourth-order valence-electron chi connectivity index (χ4n) is 3.70. The molecule has 3 heteroatoms. The highest BCUT2D eigenvalue weighted by atomic mass is 32.1. The Morgan fingerprint density at radius 2 is 2.18 bits per heavy atom. The quantitative estimate of drug-likeness (QED) is 0.794. The topological polar surface area (TPSA) is 16.1 Å². The van der Waals surface area contributed by atoms with Crippen LogP contribution in [0, 0.1) is 11.8 Å². The third-order valence-corrected chi connectivity index (χ3v) is 6.04. The second-order valence-corrected chi connectivity index (χ2v) is 8.34. The number of rotatable bonds is 4. The van der Waals surface area contributed by atoms with Crippen LogP contribution in [0.25, 0.3) is 10.2 Å². The van der Waals surface area contributed by atoms with Crippen LogP contribution in [0.1, 0.15) is 50.1 Å². The number of likely N-dealkylation sites (tertiary alicyclic amines) is 1. The van der Waals surface area contributed by atoms with Crippen LogP contribution in [0.2, 0.25) is 0 Å². The van der Waals surface area contributed by atoms with Crippen LogP contribution >= 0.6 is 11.3 Å². The molecule has 2 nitrogen and oxygen atoms in total. The van der Waals surface area contributed by atoms with E-state index in [2.05, 4.69) is 50.9 Å². The van der Waals surface area contributed by atoms with Crippen LogP contribution in [0.3, 0.4) is 0 Å². The van der Waals surface area contributed by atoms with Gasteiger partial charge in [0.2, 0.25) is 0 Å². The number of benzene rings is 1. The Bertz CT molecular complexity index is 631. The highest BCUT2D eigenvalue weighted by Gasteiger charge is 2.29. The lowest BCUT2D eigenvalue weighted by Crippen LogP contribution is -2.36. The minimum absolute atomic E-state index is 0.659. The lowest BCUT2D eigenvalue weighted by Gasteiger charge is -2.35. The average molecular weight is 317 g/mol. The van der Waals surface area contributed by atoms with Crippen LogP contribution in [0.5, 0.6) is 0 Å². The van der Waals surface area contributed by atoms with Crippen molar-refractivity contribution in [3.05, 3.63) is 28.8 Å². The molecule has 2 aromatic rings. The standard InChI is InChI=1S/C19H28N2S/c1-5-15-12-21(4)9-8-16(15)19-20-17-7-6-14(10-13(2)3)11-18(17)22-19/h6-7,11,13,15-16H,5,8-10,12H2,1-4H3. The Morgan fingerprint density at radius 1 is 1.36 bits per heavy atom. The van der Waals surface area contributed by atoms with Crippen molar-refractivity contribution >= 4 is 21.6 Å². The lowest BCUT2D eigenvalue weighted by atomic mass is 9.84. The summed E-state index contributed by atoms with van der Waals surface area (Å²) >= 11 is 1.94. The number of piperidine rings is 1. The van der Waals surface area contributed by atoms with Gasteiger partial charge in [-0.3, -0.25) is 0 Å². The maximum absolute atomic E-state index is 4.98. The average Bonchev–Trinajstić information content (AvgIpc) is 2.89. The van der Waals surface area contributed by atoms with Gasteiger partial charge in [-0.05, 0) is 56.0 Å². The van der Waals surface area contributed by atoms with Gasteiger partial charge in [0.25, 0.3) is 0 Å². The minimum Gasteiger partial charge on any atom is -0.306 e. The number of hydrogen-bond acceptors (Lipinski definition) is 3. The van der Waals surface area contributed by atoms with Gasteiger partial charge in [0.1, 0.15) is 0 Å². The molecule has 1 aromatic carbocycles. The Labute approximate surface area is 138 Å². The second-order valence-electron chi connectivity index (χ2n) is 7.28. The number of aromatic nitrogens is 1. The fourth-order valence-corrected chi connectivity index (χ4v) is 4.96. The summed E-state index contributed by atoms with van der Waals surface area (Å²) < 4.78 is 1.38. The van der Waals surface area contributed by atoms with E-state index in [9.17, 15) is 0 Å². The molecule has 0 amide bonds. The molecule has 2 heterocycles. The smallest absolute Gasteiger partial charge is 0.0973 e. The molecular formula is C19H28N2S. The van der Waals surface area contributed by atoms with Crippen LogP contribution in [-0.2, 0) is 6.42 Å². The molecule has 0 aliphatic carbocycles. The SMILES string of the molecule is CCC1CN(C)CCC1c1nc2ccc(CC(C)C)cc2s1. The number of fused-ring (bicyclic) bond motifs is 1. The molecule has 3 rings (SSSR count). The van der Waals surface area contributed by atoms with Crippen molar-refractivity contribution in [2.75, 3.05) is 20.1 Å². The van der Waals surface area contributed by atoms with Gasteiger partial charge >= 0.3 is 0 Å². The molecule has 2 unspecified atom stereocenters. The van der Waals surface area contributed by atoms with Gasteiger partial charge in [0.05, 0.1) is 15.2 Å². The van der Waals surface area contributed by atoms with E-state index >= 15 is 0 Å². The molecule has 22 heavy (non-hydrogen) atoms. The Kier molecular flexibility index (Phi) is 4.84. The lowest BCUT2D eigenvalue weighted by molar-refractivity contribution is 0.180. The number of hydrogen-bond donors (Lipinski definition) is 0. The van der Waals surface area contributed by atoms with Crippen LogP contribution in [0.15, 0.2) is 18.2 Å². The van der Waals surface area contributed by atoms with E-state index in [0.717, 1.165) is 12.3 Å². The largest absolute Gasteiger partial charge is 0.306 e. The molecule has 1 aromatic heterocycles. The zero-order valence-electron chi connectivity index (χ0n) is 14.3. The predicted octanol–water partition coefficient (Wildman–Crippen LogP) is 4.94. The van der Waals surface area contributed by atoms with E-state index in [1.54, 1.807) is 0 Å². The summed E-state index contributed by atoms with van der Waals surface area (Å²) in [7, 11) is 2.25. The van der Waals surface area contributed by atoms with Crippen molar-refractivity contribution in [3.63, 3.8) is 0 Å². The van der Waals surface area contributed by atoms with E-state index in [4.69, 9.17) is 4.98 Å². The second kappa shape index (κ2) is 6.67.